The molecule has 0 bridgehead atoms. The van der Waals surface area contributed by atoms with Crippen molar-refractivity contribution in [2.24, 2.45) is 5.92 Å². The lowest BCUT2D eigenvalue weighted by atomic mass is 9.96. The first-order valence-electron chi connectivity index (χ1n) is 7.41. The van der Waals surface area contributed by atoms with Gasteiger partial charge < -0.3 is 9.80 Å². The Balaban J connectivity index is 1.28. The van der Waals surface area contributed by atoms with Crippen molar-refractivity contribution in [1.29, 1.82) is 0 Å². The monoisotopic (exact) mass is 320 g/mol. The number of rotatable bonds is 3. The van der Waals surface area contributed by atoms with Crippen molar-refractivity contribution in [3.8, 4) is 0 Å². The van der Waals surface area contributed by atoms with Crippen LogP contribution in [0.4, 0.5) is 5.13 Å². The summed E-state index contributed by atoms with van der Waals surface area (Å²) in [6, 6.07) is -0.110. The van der Waals surface area contributed by atoms with Gasteiger partial charge in [0, 0.05) is 50.6 Å². The van der Waals surface area contributed by atoms with E-state index in [9.17, 15) is 14.4 Å². The molecule has 0 atom stereocenters. The molecule has 3 fully saturated rings. The first-order chi connectivity index (χ1) is 10.6. The van der Waals surface area contributed by atoms with Gasteiger partial charge in [0.05, 0.1) is 12.0 Å². The van der Waals surface area contributed by atoms with Crippen LogP contribution in [0.15, 0.2) is 11.6 Å². The van der Waals surface area contributed by atoms with Crippen molar-refractivity contribution < 1.29 is 14.4 Å². The van der Waals surface area contributed by atoms with Crippen LogP contribution in [0, 0.1) is 5.92 Å². The van der Waals surface area contributed by atoms with Gasteiger partial charge in [-0.3, -0.25) is 19.3 Å². The number of anilines is 1. The number of carbonyl (C=O) groups is 3. The Morgan fingerprint density at radius 2 is 1.82 bits per heavy atom. The predicted octanol–water partition coefficient (Wildman–Crippen LogP) is -0.0609. The number of nitrogens with zero attached hydrogens (tertiary/aromatic N) is 4. The van der Waals surface area contributed by atoms with Gasteiger partial charge in [-0.15, -0.1) is 11.3 Å². The maximum absolute atomic E-state index is 12.3. The van der Waals surface area contributed by atoms with Crippen molar-refractivity contribution in [2.75, 3.05) is 31.1 Å². The Bertz CT molecular complexity index is 604. The number of amides is 3. The molecule has 7 nitrogen and oxygen atoms in total. The minimum absolute atomic E-state index is 0.00910. The van der Waals surface area contributed by atoms with Crippen LogP contribution in [-0.2, 0) is 14.4 Å². The molecule has 0 N–H and O–H groups in total. The van der Waals surface area contributed by atoms with Gasteiger partial charge >= 0.3 is 0 Å². The SMILES string of the molecule is O=C(C1CN(c2nccs2)C1)N1CC(N2C(=O)CCC2=O)C1. The molecule has 4 rings (SSSR count). The molecule has 3 amide bonds. The fourth-order valence-electron chi connectivity index (χ4n) is 3.22. The molecule has 0 unspecified atom stereocenters. The zero-order valence-corrected chi connectivity index (χ0v) is 12.8. The average Bonchev–Trinajstić information content (AvgIpc) is 3.00. The smallest absolute Gasteiger partial charge is 0.230 e. The van der Waals surface area contributed by atoms with Gasteiger partial charge in [0.1, 0.15) is 0 Å². The van der Waals surface area contributed by atoms with Gasteiger partial charge in [0.2, 0.25) is 17.7 Å². The quantitative estimate of drug-likeness (QED) is 0.730. The zero-order chi connectivity index (χ0) is 15.3. The van der Waals surface area contributed by atoms with Crippen LogP contribution in [0.2, 0.25) is 0 Å². The molecule has 0 radical (unpaired) electrons. The number of hydrogen-bond donors (Lipinski definition) is 0. The number of thiazole rings is 1. The number of imide groups is 1. The Kier molecular flexibility index (Phi) is 3.14. The second-order valence-electron chi connectivity index (χ2n) is 5.97. The highest BCUT2D eigenvalue weighted by Gasteiger charge is 2.45. The second-order valence-corrected chi connectivity index (χ2v) is 6.84. The van der Waals surface area contributed by atoms with Gasteiger partial charge in [-0.05, 0) is 0 Å². The highest BCUT2D eigenvalue weighted by Crippen LogP contribution is 2.30. The molecule has 22 heavy (non-hydrogen) atoms. The Morgan fingerprint density at radius 1 is 1.14 bits per heavy atom. The van der Waals surface area contributed by atoms with Crippen molar-refractivity contribution >= 4 is 34.2 Å². The molecule has 0 aromatic carbocycles. The summed E-state index contributed by atoms with van der Waals surface area (Å²) in [5.74, 6) is -0.0561. The summed E-state index contributed by atoms with van der Waals surface area (Å²) in [6.45, 7) is 2.39. The molecule has 0 spiro atoms. The van der Waals surface area contributed by atoms with E-state index < -0.39 is 0 Å². The largest absolute Gasteiger partial charge is 0.346 e. The molecule has 4 heterocycles. The van der Waals surface area contributed by atoms with E-state index in [2.05, 4.69) is 9.88 Å². The van der Waals surface area contributed by atoms with E-state index in [4.69, 9.17) is 0 Å². The third kappa shape index (κ3) is 2.09. The molecule has 3 saturated heterocycles. The summed E-state index contributed by atoms with van der Waals surface area (Å²) < 4.78 is 0. The summed E-state index contributed by atoms with van der Waals surface area (Å²) in [4.78, 5) is 45.1. The fourth-order valence-corrected chi connectivity index (χ4v) is 3.88. The molecular weight excluding hydrogens is 304 g/mol. The van der Waals surface area contributed by atoms with Crippen molar-refractivity contribution in [1.82, 2.24) is 14.8 Å². The van der Waals surface area contributed by atoms with Crippen LogP contribution in [0.1, 0.15) is 12.8 Å². The fraction of sp³-hybridized carbons (Fsp3) is 0.571. The maximum atomic E-state index is 12.3. The van der Waals surface area contributed by atoms with Crippen LogP contribution in [0.25, 0.3) is 0 Å². The van der Waals surface area contributed by atoms with Gasteiger partial charge in [-0.1, -0.05) is 0 Å². The van der Waals surface area contributed by atoms with Crippen LogP contribution in [0.5, 0.6) is 0 Å². The lowest BCUT2D eigenvalue weighted by Gasteiger charge is -2.47. The molecule has 3 aliphatic heterocycles. The van der Waals surface area contributed by atoms with E-state index >= 15 is 0 Å². The van der Waals surface area contributed by atoms with Crippen LogP contribution in [-0.4, -0.2) is 64.7 Å². The normalized spacial score (nSPS) is 23.0. The summed E-state index contributed by atoms with van der Waals surface area (Å²) in [5, 5.41) is 2.88. The zero-order valence-electron chi connectivity index (χ0n) is 12.0. The van der Waals surface area contributed by atoms with Crippen molar-refractivity contribution in [2.45, 2.75) is 18.9 Å². The summed E-state index contributed by atoms with van der Waals surface area (Å²) >= 11 is 1.57. The first-order valence-corrected chi connectivity index (χ1v) is 8.29. The van der Waals surface area contributed by atoms with Crippen molar-refractivity contribution in [3.05, 3.63) is 11.6 Å². The van der Waals surface area contributed by atoms with E-state index in [1.54, 1.807) is 22.4 Å². The number of hydrogen-bond acceptors (Lipinski definition) is 6. The van der Waals surface area contributed by atoms with E-state index in [0.29, 0.717) is 39.0 Å². The van der Waals surface area contributed by atoms with Crippen LogP contribution >= 0.6 is 11.3 Å². The number of aromatic nitrogens is 1. The minimum Gasteiger partial charge on any atom is -0.346 e. The summed E-state index contributed by atoms with van der Waals surface area (Å²) in [5.41, 5.74) is 0. The summed E-state index contributed by atoms with van der Waals surface area (Å²) in [6.07, 6.45) is 2.39. The lowest BCUT2D eigenvalue weighted by molar-refractivity contribution is -0.154. The molecular formula is C14H16N4O3S. The van der Waals surface area contributed by atoms with Gasteiger partial charge in [-0.2, -0.15) is 0 Å². The number of carbonyl (C=O) groups excluding carboxylic acids is 3. The first kappa shape index (κ1) is 13.7. The average molecular weight is 320 g/mol. The maximum Gasteiger partial charge on any atom is 0.230 e. The molecule has 1 aromatic heterocycles. The summed E-state index contributed by atoms with van der Waals surface area (Å²) in [7, 11) is 0. The van der Waals surface area contributed by atoms with Gasteiger partial charge in [0.25, 0.3) is 0 Å². The predicted molar refractivity (Wildman–Crippen MR) is 79.3 cm³/mol. The third-order valence-electron chi connectivity index (χ3n) is 4.55. The number of likely N-dealkylation sites (tertiary alicyclic amines) is 2. The highest BCUT2D eigenvalue weighted by molar-refractivity contribution is 7.13. The van der Waals surface area contributed by atoms with Crippen molar-refractivity contribution in [3.63, 3.8) is 0 Å². The van der Waals surface area contributed by atoms with E-state index in [1.807, 2.05) is 5.38 Å². The Hall–Kier alpha value is -1.96. The molecule has 0 aliphatic carbocycles. The standard InChI is InChI=1S/C14H16N4O3S/c19-11-1-2-12(20)18(11)10-7-16(8-10)13(21)9-5-17(6-9)14-15-3-4-22-14/h3-4,9-10H,1-2,5-8H2. The lowest BCUT2D eigenvalue weighted by Crippen LogP contribution is -2.65. The van der Waals surface area contributed by atoms with E-state index in [-0.39, 0.29) is 29.7 Å². The van der Waals surface area contributed by atoms with Gasteiger partial charge in [-0.25, -0.2) is 4.98 Å². The molecule has 1 aromatic rings. The van der Waals surface area contributed by atoms with E-state index in [1.165, 1.54) is 4.90 Å². The van der Waals surface area contributed by atoms with Crippen LogP contribution < -0.4 is 4.90 Å². The van der Waals surface area contributed by atoms with Gasteiger partial charge in [0.15, 0.2) is 5.13 Å². The Labute approximate surface area is 131 Å². The van der Waals surface area contributed by atoms with E-state index in [0.717, 1.165) is 5.13 Å². The minimum atomic E-state index is -0.110. The topological polar surface area (TPSA) is 73.8 Å². The molecule has 8 heteroatoms. The molecule has 0 saturated carbocycles. The van der Waals surface area contributed by atoms with Crippen LogP contribution in [0.3, 0.4) is 0 Å². The third-order valence-corrected chi connectivity index (χ3v) is 5.38. The highest BCUT2D eigenvalue weighted by atomic mass is 32.1. The second kappa shape index (κ2) is 5.05. The molecule has 116 valence electrons. The Morgan fingerprint density at radius 3 is 2.41 bits per heavy atom. The molecule has 3 aliphatic rings.